The second-order valence-electron chi connectivity index (χ2n) is 7.12. The Balaban J connectivity index is 1.67. The zero-order chi connectivity index (χ0) is 22.7. The lowest BCUT2D eigenvalue weighted by Gasteiger charge is -2.18. The summed E-state index contributed by atoms with van der Waals surface area (Å²) in [5.41, 5.74) is 11.4. The van der Waals surface area contributed by atoms with Gasteiger partial charge in [0.2, 0.25) is 0 Å². The van der Waals surface area contributed by atoms with Gasteiger partial charge in [-0.05, 0) is 30.7 Å². The number of azide groups is 1. The molecule has 12 nitrogen and oxygen atoms in total. The number of rotatable bonds is 6. The minimum atomic E-state index is -1.18. The highest BCUT2D eigenvalue weighted by Gasteiger charge is 2.34. The van der Waals surface area contributed by atoms with E-state index in [2.05, 4.69) is 31.5 Å². The first-order chi connectivity index (χ1) is 15.5. The van der Waals surface area contributed by atoms with Crippen LogP contribution in [0, 0.1) is 11.3 Å². The molecule has 3 aromatic heterocycles. The summed E-state index contributed by atoms with van der Waals surface area (Å²) >= 11 is 0. The molecule has 0 saturated carbocycles. The summed E-state index contributed by atoms with van der Waals surface area (Å²) in [4.78, 5) is 20.2. The highest BCUT2D eigenvalue weighted by Crippen LogP contribution is 2.31. The van der Waals surface area contributed by atoms with Crippen molar-refractivity contribution in [1.82, 2.24) is 19.9 Å². The van der Waals surface area contributed by atoms with Crippen LogP contribution in [0.2, 0.25) is 0 Å². The van der Waals surface area contributed by atoms with E-state index in [1.54, 1.807) is 23.0 Å². The standard InChI is InChI=1S/C20H19N9O3/c1-2-32-14-5-15(19-13(6-21)8-24-29(19)9-14)12-3-4-18(23-7-12)28-10-16(25-20(30)31)17(11-28)26-27-22/h3-5,7-9,16-17,25H,2,10-11H2,1H3,(H,30,31)/t16-,17-/m1/s1. The number of pyridine rings is 2. The lowest BCUT2D eigenvalue weighted by Crippen LogP contribution is -2.41. The molecule has 4 heterocycles. The van der Waals surface area contributed by atoms with E-state index < -0.39 is 18.2 Å². The number of anilines is 1. The molecule has 4 rings (SSSR count). The zero-order valence-electron chi connectivity index (χ0n) is 17.1. The van der Waals surface area contributed by atoms with Gasteiger partial charge in [-0.1, -0.05) is 5.11 Å². The molecule has 32 heavy (non-hydrogen) atoms. The minimum Gasteiger partial charge on any atom is -0.492 e. The van der Waals surface area contributed by atoms with Crippen molar-refractivity contribution in [3.05, 3.63) is 52.8 Å². The van der Waals surface area contributed by atoms with Crippen molar-refractivity contribution < 1.29 is 14.6 Å². The maximum Gasteiger partial charge on any atom is 0.404 e. The Morgan fingerprint density at radius 1 is 1.47 bits per heavy atom. The third kappa shape index (κ3) is 3.92. The highest BCUT2D eigenvalue weighted by atomic mass is 16.5. The zero-order valence-corrected chi connectivity index (χ0v) is 17.1. The van der Waals surface area contributed by atoms with E-state index >= 15 is 0 Å². The molecule has 162 valence electrons. The molecule has 1 aliphatic rings. The van der Waals surface area contributed by atoms with E-state index in [9.17, 15) is 10.1 Å². The number of fused-ring (bicyclic) bond motifs is 1. The lowest BCUT2D eigenvalue weighted by molar-refractivity contribution is 0.190. The van der Waals surface area contributed by atoms with Crippen LogP contribution < -0.4 is 15.0 Å². The van der Waals surface area contributed by atoms with Crippen LogP contribution in [-0.4, -0.2) is 57.6 Å². The molecule has 3 aromatic rings. The molecule has 1 fully saturated rings. The molecule has 1 amide bonds. The molecule has 12 heteroatoms. The fraction of sp³-hybridized carbons (Fsp3) is 0.300. The maximum atomic E-state index is 11.0. The first-order valence-corrected chi connectivity index (χ1v) is 9.83. The van der Waals surface area contributed by atoms with Crippen LogP contribution in [0.1, 0.15) is 12.5 Å². The van der Waals surface area contributed by atoms with Crippen LogP contribution in [0.5, 0.6) is 5.75 Å². The SMILES string of the molecule is CCOc1cc(-c2ccc(N3C[C@@H](N=[N+]=[N-])[C@H](NC(=O)O)C3)nc2)c2c(C#N)cnn2c1. The fourth-order valence-electron chi connectivity index (χ4n) is 3.83. The average Bonchev–Trinajstić information content (AvgIpc) is 3.37. The van der Waals surface area contributed by atoms with E-state index in [1.165, 1.54) is 6.20 Å². The van der Waals surface area contributed by atoms with Crippen molar-refractivity contribution in [2.24, 2.45) is 5.11 Å². The molecule has 1 saturated heterocycles. The van der Waals surface area contributed by atoms with Gasteiger partial charge < -0.3 is 20.1 Å². The molecule has 0 aliphatic carbocycles. The summed E-state index contributed by atoms with van der Waals surface area (Å²) in [7, 11) is 0. The second kappa shape index (κ2) is 8.71. The number of nitriles is 1. The first kappa shape index (κ1) is 20.8. The Hall–Kier alpha value is -4.49. The van der Waals surface area contributed by atoms with Gasteiger partial charge >= 0.3 is 6.09 Å². The van der Waals surface area contributed by atoms with E-state index in [0.717, 1.165) is 11.1 Å². The van der Waals surface area contributed by atoms with Gasteiger partial charge in [0, 0.05) is 35.3 Å². The smallest absolute Gasteiger partial charge is 0.404 e. The number of nitrogens with one attached hydrogen (secondary N) is 1. The molecule has 0 aromatic carbocycles. The molecular formula is C20H19N9O3. The van der Waals surface area contributed by atoms with E-state index in [-0.39, 0.29) is 0 Å². The summed E-state index contributed by atoms with van der Waals surface area (Å²) in [6.07, 6.45) is 3.73. The molecule has 0 unspecified atom stereocenters. The van der Waals surface area contributed by atoms with Crippen molar-refractivity contribution in [3.8, 4) is 22.9 Å². The lowest BCUT2D eigenvalue weighted by atomic mass is 10.1. The Labute approximate surface area is 182 Å². The first-order valence-electron chi connectivity index (χ1n) is 9.83. The van der Waals surface area contributed by atoms with Crippen LogP contribution >= 0.6 is 0 Å². The number of carbonyl (C=O) groups is 1. The third-order valence-electron chi connectivity index (χ3n) is 5.20. The van der Waals surface area contributed by atoms with Crippen LogP contribution in [0.3, 0.4) is 0 Å². The van der Waals surface area contributed by atoms with Gasteiger partial charge in [-0.15, -0.1) is 0 Å². The topological polar surface area (TPSA) is 165 Å². The number of ether oxygens (including phenoxy) is 1. The summed E-state index contributed by atoms with van der Waals surface area (Å²) < 4.78 is 7.25. The molecule has 0 bridgehead atoms. The molecule has 1 aliphatic heterocycles. The average molecular weight is 433 g/mol. The number of carboxylic acid groups (broad SMARTS) is 1. The predicted molar refractivity (Wildman–Crippen MR) is 114 cm³/mol. The molecule has 0 spiro atoms. The maximum absolute atomic E-state index is 11.0. The Kier molecular flexibility index (Phi) is 5.65. The monoisotopic (exact) mass is 433 g/mol. The molecular weight excluding hydrogens is 414 g/mol. The Morgan fingerprint density at radius 3 is 2.97 bits per heavy atom. The largest absolute Gasteiger partial charge is 0.492 e. The summed E-state index contributed by atoms with van der Waals surface area (Å²) in [5, 5.41) is 28.8. The van der Waals surface area contributed by atoms with Gasteiger partial charge in [0.25, 0.3) is 0 Å². The van der Waals surface area contributed by atoms with Crippen molar-refractivity contribution in [2.75, 3.05) is 24.6 Å². The van der Waals surface area contributed by atoms with Gasteiger partial charge in [-0.25, -0.2) is 14.3 Å². The Bertz CT molecular complexity index is 1240. The van der Waals surface area contributed by atoms with Crippen molar-refractivity contribution in [1.29, 1.82) is 5.26 Å². The minimum absolute atomic E-state index is 0.327. The van der Waals surface area contributed by atoms with Gasteiger partial charge in [-0.2, -0.15) is 10.4 Å². The number of hydrogen-bond acceptors (Lipinski definition) is 7. The van der Waals surface area contributed by atoms with Crippen LogP contribution in [0.15, 0.2) is 41.9 Å². The van der Waals surface area contributed by atoms with E-state index in [1.807, 2.05) is 24.0 Å². The normalized spacial score (nSPS) is 17.6. The van der Waals surface area contributed by atoms with E-state index in [0.29, 0.717) is 42.3 Å². The van der Waals surface area contributed by atoms with Crippen LogP contribution in [0.25, 0.3) is 27.1 Å². The van der Waals surface area contributed by atoms with E-state index in [4.69, 9.17) is 15.4 Å². The van der Waals surface area contributed by atoms with Gasteiger partial charge in [0.15, 0.2) is 0 Å². The third-order valence-corrected chi connectivity index (χ3v) is 5.20. The van der Waals surface area contributed by atoms with Crippen LogP contribution in [0.4, 0.5) is 10.6 Å². The molecule has 2 atom stereocenters. The second-order valence-corrected chi connectivity index (χ2v) is 7.12. The van der Waals surface area contributed by atoms with Crippen molar-refractivity contribution >= 4 is 17.4 Å². The number of hydrogen-bond donors (Lipinski definition) is 2. The van der Waals surface area contributed by atoms with Crippen LogP contribution in [-0.2, 0) is 0 Å². The molecule has 0 radical (unpaired) electrons. The number of amides is 1. The molecule has 2 N–H and O–H groups in total. The summed E-state index contributed by atoms with van der Waals surface area (Å²) in [6, 6.07) is 6.60. The summed E-state index contributed by atoms with van der Waals surface area (Å²) in [5.74, 6) is 1.23. The van der Waals surface area contributed by atoms with Gasteiger partial charge in [0.1, 0.15) is 17.6 Å². The predicted octanol–water partition coefficient (Wildman–Crippen LogP) is 2.80. The number of nitrogens with zero attached hydrogens (tertiary/aromatic N) is 8. The van der Waals surface area contributed by atoms with Gasteiger partial charge in [0.05, 0.1) is 42.2 Å². The van der Waals surface area contributed by atoms with Crippen molar-refractivity contribution in [2.45, 2.75) is 19.0 Å². The Morgan fingerprint density at radius 2 is 2.31 bits per heavy atom. The fourth-order valence-corrected chi connectivity index (χ4v) is 3.83. The summed E-state index contributed by atoms with van der Waals surface area (Å²) in [6.45, 7) is 3.04. The highest BCUT2D eigenvalue weighted by molar-refractivity contribution is 5.85. The number of aromatic nitrogens is 3. The van der Waals surface area contributed by atoms with Gasteiger partial charge in [-0.3, -0.25) is 0 Å². The quantitative estimate of drug-likeness (QED) is 0.343. The van der Waals surface area contributed by atoms with Crippen molar-refractivity contribution in [3.63, 3.8) is 0 Å².